The molecule has 1 heterocycles. The van der Waals surface area contributed by atoms with Gasteiger partial charge in [-0.1, -0.05) is 30.3 Å². The molecule has 0 radical (unpaired) electrons. The lowest BCUT2D eigenvalue weighted by atomic mass is 10.00. The van der Waals surface area contributed by atoms with Gasteiger partial charge in [0.05, 0.1) is 4.90 Å². The SMILES string of the molecule is CN(CCCC1CC(c2cccc(F)c2)NN1)S(=O)(=O)c1ccccc1. The Morgan fingerprint density at radius 3 is 2.62 bits per heavy atom. The summed E-state index contributed by atoms with van der Waals surface area (Å²) in [6, 6.07) is 15.4. The van der Waals surface area contributed by atoms with E-state index in [1.807, 2.05) is 6.07 Å². The summed E-state index contributed by atoms with van der Waals surface area (Å²) < 4.78 is 39.7. The Kier molecular flexibility index (Phi) is 6.03. The summed E-state index contributed by atoms with van der Waals surface area (Å²) in [6.45, 7) is 0.458. The van der Waals surface area contributed by atoms with Crippen molar-refractivity contribution in [1.82, 2.24) is 15.2 Å². The first kappa shape index (κ1) is 19.0. The lowest BCUT2D eigenvalue weighted by molar-refractivity contribution is 0.428. The molecule has 0 saturated carbocycles. The van der Waals surface area contributed by atoms with E-state index in [9.17, 15) is 12.8 Å². The van der Waals surface area contributed by atoms with E-state index < -0.39 is 10.0 Å². The Morgan fingerprint density at radius 2 is 1.88 bits per heavy atom. The molecular formula is C19H24FN3O2S. The highest BCUT2D eigenvalue weighted by molar-refractivity contribution is 7.89. The molecule has 7 heteroatoms. The van der Waals surface area contributed by atoms with Crippen LogP contribution in [0.25, 0.3) is 0 Å². The third kappa shape index (κ3) is 4.48. The highest BCUT2D eigenvalue weighted by Gasteiger charge is 2.26. The van der Waals surface area contributed by atoms with Crippen molar-refractivity contribution in [1.29, 1.82) is 0 Å². The third-order valence-corrected chi connectivity index (χ3v) is 6.58. The van der Waals surface area contributed by atoms with Crippen LogP contribution in [0.4, 0.5) is 4.39 Å². The summed E-state index contributed by atoms with van der Waals surface area (Å²) in [5, 5.41) is 0. The van der Waals surface area contributed by atoms with Crippen molar-refractivity contribution in [3.63, 3.8) is 0 Å². The first-order valence-corrected chi connectivity index (χ1v) is 10.2. The minimum atomic E-state index is -3.44. The van der Waals surface area contributed by atoms with Crippen LogP contribution in [0, 0.1) is 5.82 Å². The number of benzene rings is 2. The maximum atomic E-state index is 13.4. The number of sulfonamides is 1. The molecule has 0 spiro atoms. The molecule has 2 aromatic rings. The van der Waals surface area contributed by atoms with Crippen molar-refractivity contribution in [3.05, 3.63) is 66.0 Å². The fourth-order valence-corrected chi connectivity index (χ4v) is 4.44. The Balaban J connectivity index is 1.48. The summed E-state index contributed by atoms with van der Waals surface area (Å²) in [5.41, 5.74) is 7.34. The van der Waals surface area contributed by atoms with E-state index >= 15 is 0 Å². The Hall–Kier alpha value is -1.80. The molecule has 0 aromatic heterocycles. The smallest absolute Gasteiger partial charge is 0.242 e. The van der Waals surface area contributed by atoms with Crippen molar-refractivity contribution in [2.24, 2.45) is 0 Å². The highest BCUT2D eigenvalue weighted by Crippen LogP contribution is 2.25. The van der Waals surface area contributed by atoms with Crippen LogP contribution in [-0.4, -0.2) is 32.4 Å². The number of hydrogen-bond donors (Lipinski definition) is 2. The molecule has 2 aromatic carbocycles. The standard InChI is InChI=1S/C19H24FN3O2S/c1-23(26(24,25)18-10-3-2-4-11-18)12-6-9-17-14-19(22-21-17)15-7-5-8-16(20)13-15/h2-5,7-8,10-11,13,17,19,21-22H,6,9,12,14H2,1H3. The lowest BCUT2D eigenvalue weighted by Crippen LogP contribution is -2.32. The van der Waals surface area contributed by atoms with Gasteiger partial charge < -0.3 is 0 Å². The first-order chi connectivity index (χ1) is 12.5. The van der Waals surface area contributed by atoms with Crippen molar-refractivity contribution >= 4 is 10.0 Å². The zero-order chi connectivity index (χ0) is 18.6. The second kappa shape index (κ2) is 8.26. The maximum Gasteiger partial charge on any atom is 0.242 e. The van der Waals surface area contributed by atoms with Gasteiger partial charge in [-0.25, -0.2) is 17.1 Å². The van der Waals surface area contributed by atoms with Gasteiger partial charge in [0, 0.05) is 25.7 Å². The molecule has 5 nitrogen and oxygen atoms in total. The van der Waals surface area contributed by atoms with E-state index in [4.69, 9.17) is 0 Å². The third-order valence-electron chi connectivity index (χ3n) is 4.71. The minimum Gasteiger partial charge on any atom is -0.254 e. The van der Waals surface area contributed by atoms with E-state index in [0.717, 1.165) is 24.8 Å². The van der Waals surface area contributed by atoms with Crippen LogP contribution in [0.3, 0.4) is 0 Å². The average Bonchev–Trinajstić information content (AvgIpc) is 3.11. The number of halogens is 1. The van der Waals surface area contributed by atoms with E-state index in [-0.39, 0.29) is 17.9 Å². The molecule has 2 unspecified atom stereocenters. The predicted octanol–water partition coefficient (Wildman–Crippen LogP) is 2.83. The largest absolute Gasteiger partial charge is 0.254 e. The highest BCUT2D eigenvalue weighted by atomic mass is 32.2. The van der Waals surface area contributed by atoms with Crippen molar-refractivity contribution in [2.75, 3.05) is 13.6 Å². The van der Waals surface area contributed by atoms with Crippen LogP contribution < -0.4 is 10.9 Å². The molecule has 1 aliphatic rings. The van der Waals surface area contributed by atoms with Gasteiger partial charge in [-0.05, 0) is 49.1 Å². The first-order valence-electron chi connectivity index (χ1n) is 8.75. The van der Waals surface area contributed by atoms with Crippen LogP contribution in [0.2, 0.25) is 0 Å². The molecule has 2 atom stereocenters. The molecule has 0 aliphatic carbocycles. The Labute approximate surface area is 154 Å². The molecule has 26 heavy (non-hydrogen) atoms. The van der Waals surface area contributed by atoms with Crippen LogP contribution in [0.1, 0.15) is 30.9 Å². The average molecular weight is 377 g/mol. The van der Waals surface area contributed by atoms with Crippen molar-refractivity contribution in [2.45, 2.75) is 36.2 Å². The summed E-state index contributed by atoms with van der Waals surface area (Å²) in [4.78, 5) is 0.314. The van der Waals surface area contributed by atoms with Gasteiger partial charge in [0.2, 0.25) is 10.0 Å². The second-order valence-corrected chi connectivity index (χ2v) is 8.66. The zero-order valence-corrected chi connectivity index (χ0v) is 15.5. The molecule has 1 aliphatic heterocycles. The Morgan fingerprint density at radius 1 is 1.12 bits per heavy atom. The van der Waals surface area contributed by atoms with Gasteiger partial charge in [-0.15, -0.1) is 0 Å². The van der Waals surface area contributed by atoms with Gasteiger partial charge in [0.1, 0.15) is 5.82 Å². The lowest BCUT2D eigenvalue weighted by Gasteiger charge is -2.18. The second-order valence-electron chi connectivity index (χ2n) is 6.61. The normalized spacial score (nSPS) is 20.6. The fraction of sp³-hybridized carbons (Fsp3) is 0.368. The minimum absolute atomic E-state index is 0.0708. The Bertz CT molecular complexity index is 830. The molecule has 1 fully saturated rings. The molecular weight excluding hydrogens is 353 g/mol. The fourth-order valence-electron chi connectivity index (χ4n) is 3.21. The summed E-state index contributed by atoms with van der Waals surface area (Å²) >= 11 is 0. The number of nitrogens with zero attached hydrogens (tertiary/aromatic N) is 1. The summed E-state index contributed by atoms with van der Waals surface area (Å²) in [6.07, 6.45) is 2.43. The quantitative estimate of drug-likeness (QED) is 0.779. The number of hydrazine groups is 1. The predicted molar refractivity (Wildman–Crippen MR) is 99.3 cm³/mol. The molecule has 2 N–H and O–H groups in total. The number of rotatable bonds is 7. The van der Waals surface area contributed by atoms with Crippen LogP contribution >= 0.6 is 0 Å². The molecule has 140 valence electrons. The van der Waals surface area contributed by atoms with Gasteiger partial charge in [0.25, 0.3) is 0 Å². The maximum absolute atomic E-state index is 13.4. The van der Waals surface area contributed by atoms with Crippen LogP contribution in [0.15, 0.2) is 59.5 Å². The van der Waals surface area contributed by atoms with E-state index in [1.165, 1.54) is 10.4 Å². The van der Waals surface area contributed by atoms with Gasteiger partial charge in [-0.3, -0.25) is 10.9 Å². The molecule has 0 amide bonds. The van der Waals surface area contributed by atoms with Crippen LogP contribution in [-0.2, 0) is 10.0 Å². The van der Waals surface area contributed by atoms with Crippen molar-refractivity contribution < 1.29 is 12.8 Å². The summed E-state index contributed by atoms with van der Waals surface area (Å²) in [5.74, 6) is -0.236. The van der Waals surface area contributed by atoms with E-state index in [1.54, 1.807) is 49.5 Å². The monoisotopic (exact) mass is 377 g/mol. The van der Waals surface area contributed by atoms with Gasteiger partial charge in [0.15, 0.2) is 0 Å². The topological polar surface area (TPSA) is 61.4 Å². The summed E-state index contributed by atoms with van der Waals surface area (Å²) in [7, 11) is -1.83. The number of nitrogens with one attached hydrogen (secondary N) is 2. The molecule has 1 saturated heterocycles. The molecule has 0 bridgehead atoms. The van der Waals surface area contributed by atoms with Crippen molar-refractivity contribution in [3.8, 4) is 0 Å². The van der Waals surface area contributed by atoms with Gasteiger partial charge >= 0.3 is 0 Å². The molecule has 3 rings (SSSR count). The van der Waals surface area contributed by atoms with Crippen LogP contribution in [0.5, 0.6) is 0 Å². The number of hydrogen-bond acceptors (Lipinski definition) is 4. The van der Waals surface area contributed by atoms with E-state index in [2.05, 4.69) is 10.9 Å². The van der Waals surface area contributed by atoms with Gasteiger partial charge in [-0.2, -0.15) is 0 Å². The zero-order valence-electron chi connectivity index (χ0n) is 14.7. The van der Waals surface area contributed by atoms with E-state index in [0.29, 0.717) is 11.4 Å².